The van der Waals surface area contributed by atoms with Gasteiger partial charge >= 0.3 is 6.03 Å². The van der Waals surface area contributed by atoms with Gasteiger partial charge in [0.15, 0.2) is 23.0 Å². The molecule has 0 atom stereocenters. The number of nitrogens with one attached hydrogen (secondary N) is 1. The van der Waals surface area contributed by atoms with E-state index in [1.807, 2.05) is 6.92 Å². The van der Waals surface area contributed by atoms with Crippen LogP contribution in [-0.2, 0) is 16.1 Å². The lowest BCUT2D eigenvalue weighted by molar-refractivity contribution is -0.130. The summed E-state index contributed by atoms with van der Waals surface area (Å²) in [5.41, 5.74) is 0.931. The highest BCUT2D eigenvalue weighted by molar-refractivity contribution is 6.30. The van der Waals surface area contributed by atoms with Gasteiger partial charge in [-0.1, -0.05) is 25.0 Å². The van der Waals surface area contributed by atoms with Crippen LogP contribution in [0.5, 0.6) is 23.0 Å². The van der Waals surface area contributed by atoms with Crippen molar-refractivity contribution in [1.82, 2.24) is 10.2 Å². The Balaban J connectivity index is 1.86. The number of carbonyl (C=O) groups excluding carboxylic acids is 3. The molecule has 35 heavy (non-hydrogen) atoms. The third-order valence-corrected chi connectivity index (χ3v) is 5.03. The number of imide groups is 2. The van der Waals surface area contributed by atoms with Crippen LogP contribution in [0.3, 0.4) is 0 Å². The summed E-state index contributed by atoms with van der Waals surface area (Å²) in [5.74, 6) is 2.69. The number of benzene rings is 2. The lowest BCUT2D eigenvalue weighted by Gasteiger charge is -2.26. The lowest BCUT2D eigenvalue weighted by Crippen LogP contribution is -2.53. The van der Waals surface area contributed by atoms with Gasteiger partial charge in [0.25, 0.3) is 11.8 Å². The molecule has 0 saturated carbocycles. The molecule has 182 valence electrons. The Labute approximate surface area is 203 Å². The molecular weight excluding hydrogens is 452 g/mol. The molecule has 0 radical (unpaired) electrons. The number of hydrogen-bond acceptors (Lipinski definition) is 7. The number of amides is 4. The summed E-state index contributed by atoms with van der Waals surface area (Å²) in [4.78, 5) is 39.0. The van der Waals surface area contributed by atoms with Crippen LogP contribution in [0.4, 0.5) is 4.79 Å². The normalized spacial score (nSPS) is 14.4. The molecule has 0 spiro atoms. The van der Waals surface area contributed by atoms with Gasteiger partial charge in [0.05, 0.1) is 27.4 Å². The zero-order chi connectivity index (χ0) is 25.4. The van der Waals surface area contributed by atoms with E-state index in [0.29, 0.717) is 40.7 Å². The number of rotatable bonds is 10. The van der Waals surface area contributed by atoms with E-state index in [2.05, 4.69) is 11.2 Å². The molecule has 2 aromatic rings. The molecule has 0 aromatic heterocycles. The Hall–Kier alpha value is -4.45. The van der Waals surface area contributed by atoms with E-state index in [0.717, 1.165) is 11.3 Å². The Morgan fingerprint density at radius 1 is 0.971 bits per heavy atom. The summed E-state index contributed by atoms with van der Waals surface area (Å²) < 4.78 is 21.7. The minimum atomic E-state index is -0.807. The van der Waals surface area contributed by atoms with Crippen molar-refractivity contribution in [3.63, 3.8) is 0 Å². The maximum atomic E-state index is 13.1. The molecule has 1 aliphatic heterocycles. The van der Waals surface area contributed by atoms with Crippen molar-refractivity contribution in [3.05, 3.63) is 53.1 Å². The number of ether oxygens (including phenoxy) is 4. The van der Waals surface area contributed by atoms with E-state index >= 15 is 0 Å². The van der Waals surface area contributed by atoms with E-state index in [-0.39, 0.29) is 18.7 Å². The summed E-state index contributed by atoms with van der Waals surface area (Å²) in [6, 6.07) is 9.18. The second-order valence-corrected chi connectivity index (χ2v) is 7.45. The quantitative estimate of drug-likeness (QED) is 0.318. The zero-order valence-electron chi connectivity index (χ0n) is 19.8. The summed E-state index contributed by atoms with van der Waals surface area (Å²) >= 11 is 0. The van der Waals surface area contributed by atoms with Gasteiger partial charge in [-0.15, -0.1) is 6.42 Å². The molecule has 0 bridgehead atoms. The molecule has 9 heteroatoms. The topological polar surface area (TPSA) is 103 Å². The molecule has 2 aromatic carbocycles. The lowest BCUT2D eigenvalue weighted by atomic mass is 10.1. The van der Waals surface area contributed by atoms with Crippen LogP contribution in [0, 0.1) is 12.3 Å². The molecule has 0 aliphatic carbocycles. The van der Waals surface area contributed by atoms with Crippen LogP contribution in [0.15, 0.2) is 42.0 Å². The fourth-order valence-electron chi connectivity index (χ4n) is 3.34. The molecular formula is C26H26N2O7. The maximum Gasteiger partial charge on any atom is 0.331 e. The zero-order valence-corrected chi connectivity index (χ0v) is 19.8. The fraction of sp³-hybridized carbons (Fsp3) is 0.269. The number of barbiturate groups is 1. The molecule has 9 nitrogen and oxygen atoms in total. The van der Waals surface area contributed by atoms with E-state index in [1.165, 1.54) is 20.3 Å². The second-order valence-electron chi connectivity index (χ2n) is 7.45. The largest absolute Gasteiger partial charge is 0.493 e. The molecule has 0 unspecified atom stereocenters. The second kappa shape index (κ2) is 11.6. The predicted molar refractivity (Wildman–Crippen MR) is 128 cm³/mol. The fourth-order valence-corrected chi connectivity index (χ4v) is 3.34. The number of hydrogen-bond donors (Lipinski definition) is 1. The van der Waals surface area contributed by atoms with Gasteiger partial charge in [0.2, 0.25) is 0 Å². The van der Waals surface area contributed by atoms with Crippen molar-refractivity contribution in [3.8, 4) is 35.3 Å². The van der Waals surface area contributed by atoms with Gasteiger partial charge < -0.3 is 18.9 Å². The Bertz CT molecular complexity index is 1200. The monoisotopic (exact) mass is 478 g/mol. The SMILES string of the molecule is C#CCOc1ccc(/C=C2\C(=O)NC(=O)N(Cc3ccc(OCCC)c(OC)c3)C2=O)cc1OC. The van der Waals surface area contributed by atoms with Gasteiger partial charge in [-0.25, -0.2) is 4.79 Å². The Kier molecular flexibility index (Phi) is 8.35. The molecule has 4 amide bonds. The van der Waals surface area contributed by atoms with Gasteiger partial charge in [-0.3, -0.25) is 19.8 Å². The minimum absolute atomic E-state index is 0.0608. The number of methoxy groups -OCH3 is 2. The van der Waals surface area contributed by atoms with Gasteiger partial charge in [0, 0.05) is 0 Å². The summed E-state index contributed by atoms with van der Waals surface area (Å²) in [6.45, 7) is 2.51. The van der Waals surface area contributed by atoms with E-state index in [4.69, 9.17) is 25.4 Å². The van der Waals surface area contributed by atoms with Crippen molar-refractivity contribution in [2.75, 3.05) is 27.4 Å². The van der Waals surface area contributed by atoms with Crippen molar-refractivity contribution in [1.29, 1.82) is 0 Å². The average Bonchev–Trinajstić information content (AvgIpc) is 2.87. The predicted octanol–water partition coefficient (Wildman–Crippen LogP) is 3.17. The van der Waals surface area contributed by atoms with Gasteiger partial charge in [-0.2, -0.15) is 0 Å². The smallest absolute Gasteiger partial charge is 0.331 e. The van der Waals surface area contributed by atoms with Crippen LogP contribution >= 0.6 is 0 Å². The van der Waals surface area contributed by atoms with Crippen molar-refractivity contribution >= 4 is 23.9 Å². The molecule has 1 heterocycles. The summed E-state index contributed by atoms with van der Waals surface area (Å²) in [7, 11) is 2.97. The first-order chi connectivity index (χ1) is 16.9. The third-order valence-electron chi connectivity index (χ3n) is 5.03. The Morgan fingerprint density at radius 2 is 1.66 bits per heavy atom. The maximum absolute atomic E-state index is 13.1. The van der Waals surface area contributed by atoms with E-state index in [9.17, 15) is 14.4 Å². The van der Waals surface area contributed by atoms with Crippen LogP contribution in [0.25, 0.3) is 6.08 Å². The van der Waals surface area contributed by atoms with Crippen molar-refractivity contribution in [2.45, 2.75) is 19.9 Å². The van der Waals surface area contributed by atoms with Crippen molar-refractivity contribution < 1.29 is 33.3 Å². The van der Waals surface area contributed by atoms with E-state index < -0.39 is 17.8 Å². The first kappa shape index (κ1) is 25.2. The van der Waals surface area contributed by atoms with Crippen LogP contribution in [-0.4, -0.2) is 50.2 Å². The highest BCUT2D eigenvalue weighted by Crippen LogP contribution is 2.31. The van der Waals surface area contributed by atoms with Crippen LogP contribution < -0.4 is 24.3 Å². The van der Waals surface area contributed by atoms with Crippen molar-refractivity contribution in [2.24, 2.45) is 0 Å². The first-order valence-corrected chi connectivity index (χ1v) is 10.8. The molecule has 1 aliphatic rings. The minimum Gasteiger partial charge on any atom is -0.493 e. The van der Waals surface area contributed by atoms with Crippen LogP contribution in [0.2, 0.25) is 0 Å². The number of carbonyl (C=O) groups is 3. The van der Waals surface area contributed by atoms with E-state index in [1.54, 1.807) is 36.4 Å². The summed E-state index contributed by atoms with van der Waals surface area (Å²) in [5, 5.41) is 2.21. The average molecular weight is 479 g/mol. The number of nitrogens with zero attached hydrogens (tertiary/aromatic N) is 1. The Morgan fingerprint density at radius 3 is 2.34 bits per heavy atom. The molecule has 1 saturated heterocycles. The number of urea groups is 1. The van der Waals surface area contributed by atoms with Gasteiger partial charge in [0.1, 0.15) is 12.2 Å². The van der Waals surface area contributed by atoms with Crippen LogP contribution in [0.1, 0.15) is 24.5 Å². The molecule has 1 fully saturated rings. The standard InChI is InChI=1S/C26H26N2O7/c1-5-11-34-20-9-7-17(14-22(20)32-3)13-19-24(29)27-26(31)28(25(19)30)16-18-8-10-21(35-12-6-2)23(15-18)33-4/h1,7-10,13-15H,6,11-12,16H2,2-4H3,(H,27,29,31)/b19-13+. The summed E-state index contributed by atoms with van der Waals surface area (Å²) in [6.07, 6.45) is 7.44. The molecule has 1 N–H and O–H groups in total. The number of terminal acetylenes is 1. The highest BCUT2D eigenvalue weighted by atomic mass is 16.5. The third kappa shape index (κ3) is 5.92. The molecule has 3 rings (SSSR count). The van der Waals surface area contributed by atoms with Gasteiger partial charge in [-0.05, 0) is 47.9 Å². The first-order valence-electron chi connectivity index (χ1n) is 10.8. The highest BCUT2D eigenvalue weighted by Gasteiger charge is 2.35.